The van der Waals surface area contributed by atoms with Crippen molar-refractivity contribution in [3.8, 4) is 0 Å². The van der Waals surface area contributed by atoms with Gasteiger partial charge in [0.2, 0.25) is 0 Å². The number of benzene rings is 4. The lowest BCUT2D eigenvalue weighted by Gasteiger charge is -2.03. The molecule has 8 heteroatoms. The fourth-order valence-electron chi connectivity index (χ4n) is 8.36. The van der Waals surface area contributed by atoms with Crippen LogP contribution in [0.25, 0.3) is 43.9 Å². The molecule has 360 valence electrons. The molecule has 0 atom stereocenters. The predicted octanol–water partition coefficient (Wildman–Crippen LogP) is 14.8. The number of fused-ring (bicyclic) bond motifs is 4. The van der Waals surface area contributed by atoms with Crippen LogP contribution >= 0.6 is 0 Å². The fraction of sp³-hybridized carbons (Fsp3) is 0.400. The molecule has 0 aliphatic heterocycles. The summed E-state index contributed by atoms with van der Waals surface area (Å²) >= 11 is 0. The number of aryl methyl sites for hydroxylation is 8. The average molecular weight is 921 g/mol. The molecule has 8 nitrogen and oxygen atoms in total. The van der Waals surface area contributed by atoms with E-state index in [-0.39, 0.29) is 22.1 Å². The van der Waals surface area contributed by atoms with Crippen LogP contribution in [0.3, 0.4) is 0 Å². The summed E-state index contributed by atoms with van der Waals surface area (Å²) < 4.78 is 22.0. The van der Waals surface area contributed by atoms with E-state index in [0.29, 0.717) is 33.1 Å². The van der Waals surface area contributed by atoms with Crippen molar-refractivity contribution in [2.75, 3.05) is 0 Å². The van der Waals surface area contributed by atoms with Crippen LogP contribution in [0.15, 0.2) is 134 Å². The highest BCUT2D eigenvalue weighted by Crippen LogP contribution is 2.20. The number of hydrogen-bond donors (Lipinski definition) is 0. The molecule has 0 N–H and O–H groups in total. The molecule has 0 unspecified atom stereocenters. The van der Waals surface area contributed by atoms with Crippen molar-refractivity contribution in [2.24, 2.45) is 0 Å². The molecule has 0 aliphatic rings. The van der Waals surface area contributed by atoms with Gasteiger partial charge < -0.3 is 17.7 Å². The third kappa shape index (κ3) is 14.6. The van der Waals surface area contributed by atoms with Crippen molar-refractivity contribution in [3.05, 3.63) is 183 Å². The van der Waals surface area contributed by atoms with Gasteiger partial charge in [0.25, 0.3) is 0 Å². The van der Waals surface area contributed by atoms with E-state index in [1.807, 2.05) is 72.8 Å². The van der Waals surface area contributed by atoms with Crippen LogP contribution in [0.2, 0.25) is 0 Å². The second kappa shape index (κ2) is 26.9. The third-order valence-corrected chi connectivity index (χ3v) is 11.7. The Labute approximate surface area is 401 Å². The molecular weight excluding hydrogens is 849 g/mol. The maximum atomic E-state index is 12.1. The summed E-state index contributed by atoms with van der Waals surface area (Å²) in [7, 11) is 0. The van der Waals surface area contributed by atoms with Crippen LogP contribution in [0.5, 0.6) is 0 Å². The van der Waals surface area contributed by atoms with Crippen LogP contribution < -0.4 is 22.1 Å². The second-order valence-electron chi connectivity index (χ2n) is 17.7. The highest BCUT2D eigenvalue weighted by atomic mass is 16.4. The minimum atomic E-state index is -0.192. The molecule has 4 heterocycles. The molecule has 0 aliphatic carbocycles. The number of rotatable bonds is 16. The van der Waals surface area contributed by atoms with Crippen LogP contribution in [0.4, 0.5) is 0 Å². The van der Waals surface area contributed by atoms with E-state index in [9.17, 15) is 19.2 Å². The number of hydrogen-bond acceptors (Lipinski definition) is 8. The Morgan fingerprint density at radius 1 is 0.353 bits per heavy atom. The van der Waals surface area contributed by atoms with E-state index in [1.54, 1.807) is 12.3 Å². The molecule has 0 fully saturated rings. The standard InChI is InChI=1S/4C15H18O2/c1-3-5-11-7-8-12-10-13(6-4-2)15(16)17-14(12)9-11;1-3-5-11-7-8-15-13(9-11)14(16)10-12(17-15)6-4-2;1-3-5-11-7-8-14-13(9-11)10-12(6-4-2)15(16)17-14;1-3-5-11-7-8-13-14(9-11)17-10-12(6-4-2)15(13)16/h4*7-10H,3-6H2,1-2H3. The minimum absolute atomic E-state index is 0.0765. The highest BCUT2D eigenvalue weighted by molar-refractivity contribution is 5.80. The van der Waals surface area contributed by atoms with Crippen LogP contribution in [-0.4, -0.2) is 0 Å². The van der Waals surface area contributed by atoms with Crippen LogP contribution in [0.1, 0.15) is 151 Å². The van der Waals surface area contributed by atoms with Gasteiger partial charge in [0.1, 0.15) is 28.1 Å². The first-order chi connectivity index (χ1) is 33.0. The van der Waals surface area contributed by atoms with E-state index >= 15 is 0 Å². The van der Waals surface area contributed by atoms with Gasteiger partial charge >= 0.3 is 11.3 Å². The Hall–Kier alpha value is -6.28. The molecule has 68 heavy (non-hydrogen) atoms. The maximum Gasteiger partial charge on any atom is 0.339 e. The third-order valence-electron chi connectivity index (χ3n) is 11.7. The van der Waals surface area contributed by atoms with Crippen molar-refractivity contribution >= 4 is 43.9 Å². The van der Waals surface area contributed by atoms with Gasteiger partial charge in [-0.25, -0.2) is 9.59 Å². The molecule has 4 aromatic heterocycles. The highest BCUT2D eigenvalue weighted by Gasteiger charge is 2.09. The van der Waals surface area contributed by atoms with Crippen molar-refractivity contribution in [3.63, 3.8) is 0 Å². The quantitative estimate of drug-likeness (QED) is 0.0879. The largest absolute Gasteiger partial charge is 0.464 e. The molecule has 0 radical (unpaired) electrons. The summed E-state index contributed by atoms with van der Waals surface area (Å²) in [6.07, 6.45) is 17.2. The topological polar surface area (TPSA) is 121 Å². The van der Waals surface area contributed by atoms with Gasteiger partial charge in [-0.15, -0.1) is 0 Å². The van der Waals surface area contributed by atoms with Crippen molar-refractivity contribution in [2.45, 2.75) is 158 Å². The van der Waals surface area contributed by atoms with Crippen LogP contribution in [0, 0.1) is 0 Å². The van der Waals surface area contributed by atoms with Gasteiger partial charge in [-0.05, 0) is 128 Å². The summed E-state index contributed by atoms with van der Waals surface area (Å²) in [4.78, 5) is 47.5. The van der Waals surface area contributed by atoms with Crippen LogP contribution in [-0.2, 0) is 51.4 Å². The zero-order chi connectivity index (χ0) is 49.0. The van der Waals surface area contributed by atoms with Crippen molar-refractivity contribution in [1.29, 1.82) is 0 Å². The van der Waals surface area contributed by atoms with E-state index in [4.69, 9.17) is 17.7 Å². The van der Waals surface area contributed by atoms with Gasteiger partial charge in [0, 0.05) is 39.9 Å². The van der Waals surface area contributed by atoms with Gasteiger partial charge in [0.05, 0.1) is 17.0 Å². The smallest absolute Gasteiger partial charge is 0.339 e. The molecule has 0 saturated carbocycles. The molecule has 0 bridgehead atoms. The van der Waals surface area contributed by atoms with Gasteiger partial charge in [-0.2, -0.15) is 0 Å². The normalized spacial score (nSPS) is 10.9. The Bertz CT molecular complexity index is 3080. The Morgan fingerprint density at radius 3 is 1.41 bits per heavy atom. The maximum absolute atomic E-state index is 12.1. The summed E-state index contributed by atoms with van der Waals surface area (Å²) in [5.74, 6) is 0.785. The Morgan fingerprint density at radius 2 is 0.824 bits per heavy atom. The van der Waals surface area contributed by atoms with E-state index in [1.165, 1.54) is 22.3 Å². The first-order valence-electron chi connectivity index (χ1n) is 25.2. The van der Waals surface area contributed by atoms with E-state index < -0.39 is 0 Å². The summed E-state index contributed by atoms with van der Waals surface area (Å²) in [5.41, 5.74) is 9.95. The van der Waals surface area contributed by atoms with E-state index in [2.05, 4.69) is 67.5 Å². The van der Waals surface area contributed by atoms with Gasteiger partial charge in [-0.3, -0.25) is 9.59 Å². The van der Waals surface area contributed by atoms with Gasteiger partial charge in [0.15, 0.2) is 10.9 Å². The predicted molar refractivity (Wildman–Crippen MR) is 282 cm³/mol. The molecule has 8 aromatic rings. The van der Waals surface area contributed by atoms with Crippen molar-refractivity contribution < 1.29 is 17.7 Å². The lowest BCUT2D eigenvalue weighted by atomic mass is 10.1. The first kappa shape index (κ1) is 52.7. The zero-order valence-electron chi connectivity index (χ0n) is 41.8. The molecule has 0 spiro atoms. The lowest BCUT2D eigenvalue weighted by molar-refractivity contribution is 0.531. The first-order valence-corrected chi connectivity index (χ1v) is 25.2. The average Bonchev–Trinajstić information content (AvgIpc) is 3.32. The molecular formula is C60H72O8. The molecule has 8 rings (SSSR count). The summed E-state index contributed by atoms with van der Waals surface area (Å²) in [6.45, 7) is 16.9. The molecule has 0 amide bonds. The Kier molecular flexibility index (Phi) is 20.8. The zero-order valence-corrected chi connectivity index (χ0v) is 41.8. The SMILES string of the molecule is CCCc1ccc2c(=O)c(CCC)coc2c1.CCCc1ccc2cc(CCC)c(=O)oc2c1.CCCc1ccc2oc(=O)c(CCC)cc2c1.CCCc1ccc2oc(CCC)cc(=O)c2c1. The summed E-state index contributed by atoms with van der Waals surface area (Å²) in [6, 6.07) is 29.6. The van der Waals surface area contributed by atoms with Gasteiger partial charge in [-0.1, -0.05) is 131 Å². The molecule has 4 aromatic carbocycles. The van der Waals surface area contributed by atoms with E-state index in [0.717, 1.165) is 136 Å². The Balaban J connectivity index is 0.000000169. The summed E-state index contributed by atoms with van der Waals surface area (Å²) in [5, 5.41) is 3.47. The minimum Gasteiger partial charge on any atom is -0.464 e. The fourth-order valence-corrected chi connectivity index (χ4v) is 8.36. The van der Waals surface area contributed by atoms with Crippen molar-refractivity contribution in [1.82, 2.24) is 0 Å². The lowest BCUT2D eigenvalue weighted by Crippen LogP contribution is -2.08. The second-order valence-corrected chi connectivity index (χ2v) is 17.7. The monoisotopic (exact) mass is 921 g/mol. The molecule has 0 saturated heterocycles.